The Labute approximate surface area is 120 Å². The molecule has 3 rings (SSSR count). The Morgan fingerprint density at radius 2 is 2.10 bits per heavy atom. The number of benzene rings is 1. The highest BCUT2D eigenvalue weighted by Crippen LogP contribution is 2.31. The molecule has 0 aliphatic heterocycles. The van der Waals surface area contributed by atoms with E-state index < -0.39 is 0 Å². The summed E-state index contributed by atoms with van der Waals surface area (Å²) in [5.41, 5.74) is 7.67. The second kappa shape index (κ2) is 5.34. The molecule has 0 saturated carbocycles. The van der Waals surface area contributed by atoms with Gasteiger partial charge in [0.05, 0.1) is 11.5 Å². The van der Waals surface area contributed by atoms with Gasteiger partial charge < -0.3 is 10.5 Å². The van der Waals surface area contributed by atoms with E-state index in [-0.39, 0.29) is 0 Å². The fourth-order valence-corrected chi connectivity index (χ4v) is 2.68. The monoisotopic (exact) mass is 286 g/mol. The van der Waals surface area contributed by atoms with Crippen molar-refractivity contribution in [2.24, 2.45) is 0 Å². The number of anilines is 1. The molecule has 0 radical (unpaired) electrons. The highest BCUT2D eigenvalue weighted by atomic mass is 32.1. The first-order valence-corrected chi connectivity index (χ1v) is 7.16. The Morgan fingerprint density at radius 1 is 1.25 bits per heavy atom. The van der Waals surface area contributed by atoms with E-state index in [0.29, 0.717) is 18.1 Å². The maximum Gasteiger partial charge on any atom is 0.156 e. The highest BCUT2D eigenvalue weighted by Gasteiger charge is 2.16. The number of para-hydroxylation sites is 2. The third kappa shape index (κ3) is 2.14. The lowest BCUT2D eigenvalue weighted by Crippen LogP contribution is -2.05. The summed E-state index contributed by atoms with van der Waals surface area (Å²) in [6, 6.07) is 11.6. The van der Waals surface area contributed by atoms with Gasteiger partial charge in [-0.2, -0.15) is 4.68 Å². The van der Waals surface area contributed by atoms with Gasteiger partial charge in [0.15, 0.2) is 5.82 Å². The summed E-state index contributed by atoms with van der Waals surface area (Å²) in [5, 5.41) is 10.3. The summed E-state index contributed by atoms with van der Waals surface area (Å²) in [6.07, 6.45) is 0. The quantitative estimate of drug-likeness (QED) is 0.800. The predicted molar refractivity (Wildman–Crippen MR) is 80.3 cm³/mol. The molecule has 2 N–H and O–H groups in total. The second-order valence-electron chi connectivity index (χ2n) is 4.11. The SMILES string of the molecule is CCOc1ccccc1-n1nnc(-c2cccs2)c1N. The van der Waals surface area contributed by atoms with E-state index in [1.165, 1.54) is 0 Å². The van der Waals surface area contributed by atoms with Gasteiger partial charge in [-0.3, -0.25) is 0 Å². The summed E-state index contributed by atoms with van der Waals surface area (Å²) in [4.78, 5) is 1.00. The minimum atomic E-state index is 0.514. The lowest BCUT2D eigenvalue weighted by atomic mass is 10.3. The third-order valence-electron chi connectivity index (χ3n) is 2.85. The average molecular weight is 286 g/mol. The smallest absolute Gasteiger partial charge is 0.156 e. The van der Waals surface area contributed by atoms with Crippen molar-refractivity contribution in [2.45, 2.75) is 6.92 Å². The minimum Gasteiger partial charge on any atom is -0.492 e. The minimum absolute atomic E-state index is 0.514. The van der Waals surface area contributed by atoms with Gasteiger partial charge in [-0.05, 0) is 30.5 Å². The topological polar surface area (TPSA) is 66.0 Å². The summed E-state index contributed by atoms with van der Waals surface area (Å²) in [5.74, 6) is 1.25. The highest BCUT2D eigenvalue weighted by molar-refractivity contribution is 7.13. The molecule has 0 saturated heterocycles. The second-order valence-corrected chi connectivity index (χ2v) is 5.06. The van der Waals surface area contributed by atoms with Crippen LogP contribution in [0, 0.1) is 0 Å². The number of hydrogen-bond donors (Lipinski definition) is 1. The normalized spacial score (nSPS) is 10.7. The number of nitrogens with zero attached hydrogens (tertiary/aromatic N) is 3. The molecule has 2 aromatic heterocycles. The first-order chi connectivity index (χ1) is 9.81. The van der Waals surface area contributed by atoms with Crippen LogP contribution < -0.4 is 10.5 Å². The van der Waals surface area contributed by atoms with Crippen LogP contribution in [0.3, 0.4) is 0 Å². The molecule has 0 unspecified atom stereocenters. The van der Waals surface area contributed by atoms with Crippen LogP contribution in [-0.4, -0.2) is 21.6 Å². The van der Waals surface area contributed by atoms with Gasteiger partial charge in [0.25, 0.3) is 0 Å². The van der Waals surface area contributed by atoms with Crippen LogP contribution in [0.5, 0.6) is 5.75 Å². The largest absolute Gasteiger partial charge is 0.492 e. The maximum absolute atomic E-state index is 6.18. The lowest BCUT2D eigenvalue weighted by molar-refractivity contribution is 0.338. The van der Waals surface area contributed by atoms with Gasteiger partial charge in [0.1, 0.15) is 17.1 Å². The van der Waals surface area contributed by atoms with Gasteiger partial charge >= 0.3 is 0 Å². The number of hydrogen-bond acceptors (Lipinski definition) is 5. The van der Waals surface area contributed by atoms with Crippen LogP contribution in [0.25, 0.3) is 16.3 Å². The van der Waals surface area contributed by atoms with Crippen molar-refractivity contribution in [3.05, 3.63) is 41.8 Å². The van der Waals surface area contributed by atoms with Gasteiger partial charge in [-0.25, -0.2) is 0 Å². The Bertz CT molecular complexity index is 706. The molecular weight excluding hydrogens is 272 g/mol. The van der Waals surface area contributed by atoms with Crippen molar-refractivity contribution in [1.82, 2.24) is 15.0 Å². The average Bonchev–Trinajstić information content (AvgIpc) is 3.09. The van der Waals surface area contributed by atoms with Crippen LogP contribution in [0.15, 0.2) is 41.8 Å². The van der Waals surface area contributed by atoms with Crippen molar-refractivity contribution in [3.8, 4) is 22.0 Å². The number of nitrogen functional groups attached to an aromatic ring is 1. The fraction of sp³-hybridized carbons (Fsp3) is 0.143. The predicted octanol–water partition coefficient (Wildman–Crippen LogP) is 2.98. The molecule has 2 heterocycles. The molecule has 102 valence electrons. The zero-order valence-corrected chi connectivity index (χ0v) is 11.8. The van der Waals surface area contributed by atoms with E-state index in [4.69, 9.17) is 10.5 Å². The van der Waals surface area contributed by atoms with E-state index in [1.54, 1.807) is 16.0 Å². The van der Waals surface area contributed by atoms with Crippen LogP contribution >= 0.6 is 11.3 Å². The molecule has 0 atom stereocenters. The molecule has 0 fully saturated rings. The number of aromatic nitrogens is 3. The molecule has 20 heavy (non-hydrogen) atoms. The summed E-state index contributed by atoms with van der Waals surface area (Å²) < 4.78 is 7.22. The van der Waals surface area contributed by atoms with Crippen molar-refractivity contribution < 1.29 is 4.74 Å². The van der Waals surface area contributed by atoms with E-state index in [0.717, 1.165) is 16.3 Å². The molecule has 0 spiro atoms. The van der Waals surface area contributed by atoms with E-state index in [9.17, 15) is 0 Å². The standard InChI is InChI=1S/C14H14N4OS/c1-2-19-11-7-4-3-6-10(11)18-14(15)13(16-17-18)12-8-5-9-20-12/h3-9H,2,15H2,1H3. The molecule has 0 bridgehead atoms. The zero-order chi connectivity index (χ0) is 13.9. The first-order valence-electron chi connectivity index (χ1n) is 6.28. The van der Waals surface area contributed by atoms with Crippen LogP contribution in [0.2, 0.25) is 0 Å². The number of rotatable bonds is 4. The van der Waals surface area contributed by atoms with Crippen LogP contribution in [0.4, 0.5) is 5.82 Å². The van der Waals surface area contributed by atoms with E-state index in [1.807, 2.05) is 48.7 Å². The molecular formula is C14H14N4OS. The van der Waals surface area contributed by atoms with Crippen molar-refractivity contribution in [1.29, 1.82) is 0 Å². The van der Waals surface area contributed by atoms with E-state index in [2.05, 4.69) is 10.3 Å². The number of nitrogens with two attached hydrogens (primary N) is 1. The van der Waals surface area contributed by atoms with E-state index >= 15 is 0 Å². The maximum atomic E-state index is 6.18. The van der Waals surface area contributed by atoms with Crippen LogP contribution in [-0.2, 0) is 0 Å². The summed E-state index contributed by atoms with van der Waals surface area (Å²) in [7, 11) is 0. The first kappa shape index (κ1) is 12.7. The molecule has 0 amide bonds. The molecule has 0 aliphatic carbocycles. The Kier molecular flexibility index (Phi) is 3.39. The van der Waals surface area contributed by atoms with Crippen LogP contribution in [0.1, 0.15) is 6.92 Å². The fourth-order valence-electron chi connectivity index (χ4n) is 1.97. The molecule has 0 aliphatic rings. The van der Waals surface area contributed by atoms with Gasteiger partial charge in [-0.15, -0.1) is 16.4 Å². The van der Waals surface area contributed by atoms with Gasteiger partial charge in [-0.1, -0.05) is 23.4 Å². The summed E-state index contributed by atoms with van der Waals surface area (Å²) in [6.45, 7) is 2.53. The molecule has 6 heteroatoms. The summed E-state index contributed by atoms with van der Waals surface area (Å²) >= 11 is 1.59. The molecule has 3 aromatic rings. The Balaban J connectivity index is 2.08. The Hall–Kier alpha value is -2.34. The van der Waals surface area contributed by atoms with Crippen molar-refractivity contribution in [3.63, 3.8) is 0 Å². The zero-order valence-electron chi connectivity index (χ0n) is 11.0. The van der Waals surface area contributed by atoms with Crippen molar-refractivity contribution >= 4 is 17.2 Å². The van der Waals surface area contributed by atoms with Gasteiger partial charge in [0.2, 0.25) is 0 Å². The molecule has 5 nitrogen and oxygen atoms in total. The Morgan fingerprint density at radius 3 is 2.85 bits per heavy atom. The van der Waals surface area contributed by atoms with Gasteiger partial charge in [0, 0.05) is 0 Å². The number of thiophene rings is 1. The third-order valence-corrected chi connectivity index (χ3v) is 3.73. The lowest BCUT2D eigenvalue weighted by Gasteiger charge is -2.10. The molecule has 1 aromatic carbocycles. The number of ether oxygens (including phenoxy) is 1. The van der Waals surface area contributed by atoms with Crippen molar-refractivity contribution in [2.75, 3.05) is 12.3 Å².